The largest absolute Gasteiger partial charge is 0.497 e. The van der Waals surface area contributed by atoms with Crippen LogP contribution >= 0.6 is 11.3 Å². The van der Waals surface area contributed by atoms with E-state index in [1.165, 1.54) is 11.3 Å². The van der Waals surface area contributed by atoms with Crippen molar-refractivity contribution in [1.29, 1.82) is 0 Å². The molecule has 7 heteroatoms. The van der Waals surface area contributed by atoms with Gasteiger partial charge in [0.2, 0.25) is 15.7 Å². The van der Waals surface area contributed by atoms with E-state index >= 15 is 0 Å². The van der Waals surface area contributed by atoms with Crippen molar-refractivity contribution >= 4 is 32.8 Å². The number of rotatable bonds is 4. The lowest BCUT2D eigenvalue weighted by atomic mass is 9.90. The maximum atomic E-state index is 13.2. The van der Waals surface area contributed by atoms with E-state index in [4.69, 9.17) is 4.74 Å². The molecule has 0 bridgehead atoms. The molecule has 1 aliphatic heterocycles. The molecule has 1 aromatic heterocycles. The van der Waals surface area contributed by atoms with Crippen molar-refractivity contribution < 1.29 is 17.9 Å². The van der Waals surface area contributed by atoms with Gasteiger partial charge in [0.15, 0.2) is 0 Å². The molecule has 0 spiro atoms. The van der Waals surface area contributed by atoms with Crippen LogP contribution < -0.4 is 10.1 Å². The molecule has 28 heavy (non-hydrogen) atoms. The number of carbonyl (C=O) groups is 1. The molecular weight excluding hydrogens is 394 g/mol. The number of sulfone groups is 1. The Morgan fingerprint density at radius 1 is 1.14 bits per heavy atom. The van der Waals surface area contributed by atoms with E-state index in [2.05, 4.69) is 5.32 Å². The van der Waals surface area contributed by atoms with Crippen molar-refractivity contribution in [3.63, 3.8) is 0 Å². The summed E-state index contributed by atoms with van der Waals surface area (Å²) in [5.74, 6) is 0.305. The third-order valence-electron chi connectivity index (χ3n) is 4.87. The zero-order valence-corrected chi connectivity index (χ0v) is 17.1. The second-order valence-corrected chi connectivity index (χ2v) is 9.57. The molecule has 1 aliphatic rings. The molecule has 2 aromatic carbocycles. The van der Waals surface area contributed by atoms with E-state index in [-0.39, 0.29) is 28.0 Å². The summed E-state index contributed by atoms with van der Waals surface area (Å²) in [7, 11) is -2.13. The Balaban J connectivity index is 1.81. The second kappa shape index (κ2) is 7.07. The van der Waals surface area contributed by atoms with Crippen molar-refractivity contribution in [3.8, 4) is 5.75 Å². The van der Waals surface area contributed by atoms with Gasteiger partial charge in [0.05, 0.1) is 17.7 Å². The number of amides is 1. The fourth-order valence-electron chi connectivity index (χ4n) is 3.37. The van der Waals surface area contributed by atoms with Gasteiger partial charge in [0.25, 0.3) is 0 Å². The van der Waals surface area contributed by atoms with Crippen LogP contribution in [0, 0.1) is 6.92 Å². The molecule has 5 nitrogen and oxygen atoms in total. The average molecular weight is 414 g/mol. The first kappa shape index (κ1) is 18.7. The number of ether oxygens (including phenoxy) is 1. The average Bonchev–Trinajstić information content (AvgIpc) is 3.12. The normalized spacial score (nSPS) is 16.4. The summed E-state index contributed by atoms with van der Waals surface area (Å²) in [6.07, 6.45) is 0.269. The molecule has 0 aliphatic carbocycles. The van der Waals surface area contributed by atoms with Crippen LogP contribution in [0.2, 0.25) is 0 Å². The maximum absolute atomic E-state index is 13.2. The van der Waals surface area contributed by atoms with Crippen molar-refractivity contribution in [1.82, 2.24) is 0 Å². The number of anilines is 1. The van der Waals surface area contributed by atoms with Crippen LogP contribution in [0.25, 0.3) is 0 Å². The first-order valence-corrected chi connectivity index (χ1v) is 11.1. The van der Waals surface area contributed by atoms with Crippen LogP contribution in [-0.4, -0.2) is 21.4 Å². The monoisotopic (exact) mass is 413 g/mol. The number of aryl methyl sites for hydroxylation is 1. The van der Waals surface area contributed by atoms with Crippen LogP contribution in [-0.2, 0) is 14.6 Å². The van der Waals surface area contributed by atoms with Gasteiger partial charge in [0.1, 0.15) is 10.6 Å². The fraction of sp³-hybridized carbons (Fsp3) is 0.190. The summed E-state index contributed by atoms with van der Waals surface area (Å²) in [5.41, 5.74) is 2.31. The third-order valence-corrected chi connectivity index (χ3v) is 7.91. The molecule has 1 N–H and O–H groups in total. The Labute approximate surface area is 167 Å². The van der Waals surface area contributed by atoms with Crippen LogP contribution in [0.4, 0.5) is 5.69 Å². The highest BCUT2D eigenvalue weighted by Gasteiger charge is 2.34. The summed E-state index contributed by atoms with van der Waals surface area (Å²) in [4.78, 5) is 13.6. The zero-order valence-electron chi connectivity index (χ0n) is 15.4. The number of hydrogen-bond acceptors (Lipinski definition) is 5. The van der Waals surface area contributed by atoms with Crippen molar-refractivity contribution in [2.24, 2.45) is 0 Å². The van der Waals surface area contributed by atoms with Crippen LogP contribution in [0.3, 0.4) is 0 Å². The van der Waals surface area contributed by atoms with E-state index in [0.29, 0.717) is 11.4 Å². The van der Waals surface area contributed by atoms with E-state index in [9.17, 15) is 13.2 Å². The van der Waals surface area contributed by atoms with Crippen LogP contribution in [0.15, 0.2) is 63.7 Å². The number of nitrogens with one attached hydrogen (secondary N) is 1. The van der Waals surface area contributed by atoms with Gasteiger partial charge in [-0.25, -0.2) is 8.42 Å². The highest BCUT2D eigenvalue weighted by molar-refractivity contribution is 7.91. The molecule has 3 aromatic rings. The number of fused-ring (bicyclic) bond motifs is 1. The van der Waals surface area contributed by atoms with Gasteiger partial charge in [-0.3, -0.25) is 4.79 Å². The Morgan fingerprint density at radius 2 is 1.89 bits per heavy atom. The molecular formula is C21H19NO4S2. The molecule has 1 amide bonds. The lowest BCUT2D eigenvalue weighted by Crippen LogP contribution is -2.23. The van der Waals surface area contributed by atoms with Gasteiger partial charge in [-0.15, -0.1) is 11.3 Å². The van der Waals surface area contributed by atoms with E-state index < -0.39 is 9.84 Å². The van der Waals surface area contributed by atoms with Gasteiger partial charge in [0, 0.05) is 22.6 Å². The molecule has 0 fully saturated rings. The highest BCUT2D eigenvalue weighted by Crippen LogP contribution is 2.46. The topological polar surface area (TPSA) is 72.5 Å². The molecule has 4 rings (SSSR count). The maximum Gasteiger partial charge on any atom is 0.225 e. The molecule has 0 saturated carbocycles. The second-order valence-electron chi connectivity index (χ2n) is 6.74. The first-order valence-electron chi connectivity index (χ1n) is 8.77. The summed E-state index contributed by atoms with van der Waals surface area (Å²) in [6.45, 7) is 1.90. The summed E-state index contributed by atoms with van der Waals surface area (Å²) in [6, 6.07) is 14.3. The zero-order chi connectivity index (χ0) is 19.9. The standard InChI is InChI=1S/C21H19NO4S2/c1-13-6-8-16(9-7-13)28(24,25)18-12-27-21-17(11-19(23)22-20(18)21)14-4-3-5-15(10-14)26-2/h3-10,12,17H,11H2,1-2H3,(H,22,23)/t17-/m1/s1. The number of thiophene rings is 1. The van der Waals surface area contributed by atoms with Gasteiger partial charge in [-0.1, -0.05) is 29.8 Å². The molecule has 1 atom stereocenters. The smallest absolute Gasteiger partial charge is 0.225 e. The minimum Gasteiger partial charge on any atom is -0.497 e. The molecule has 0 radical (unpaired) electrons. The summed E-state index contributed by atoms with van der Waals surface area (Å²) < 4.78 is 31.6. The van der Waals surface area contributed by atoms with E-state index in [0.717, 1.165) is 16.0 Å². The van der Waals surface area contributed by atoms with E-state index in [1.807, 2.05) is 31.2 Å². The quantitative estimate of drug-likeness (QED) is 0.689. The third kappa shape index (κ3) is 3.21. The highest BCUT2D eigenvalue weighted by atomic mass is 32.2. The van der Waals surface area contributed by atoms with Crippen LogP contribution in [0.5, 0.6) is 5.75 Å². The van der Waals surface area contributed by atoms with Gasteiger partial charge >= 0.3 is 0 Å². The number of hydrogen-bond donors (Lipinski definition) is 1. The van der Waals surface area contributed by atoms with Crippen molar-refractivity contribution in [2.45, 2.75) is 29.1 Å². The molecule has 0 saturated heterocycles. The number of benzene rings is 2. The first-order chi connectivity index (χ1) is 13.4. The Morgan fingerprint density at radius 3 is 2.61 bits per heavy atom. The lowest BCUT2D eigenvalue weighted by molar-refractivity contribution is -0.116. The summed E-state index contributed by atoms with van der Waals surface area (Å²) >= 11 is 1.36. The van der Waals surface area contributed by atoms with Gasteiger partial charge < -0.3 is 10.1 Å². The molecule has 0 unspecified atom stereocenters. The Hall–Kier alpha value is -2.64. The Bertz CT molecular complexity index is 1150. The van der Waals surface area contributed by atoms with Gasteiger partial charge in [-0.2, -0.15) is 0 Å². The lowest BCUT2D eigenvalue weighted by Gasteiger charge is -2.24. The molecule has 144 valence electrons. The summed E-state index contributed by atoms with van der Waals surface area (Å²) in [5, 5.41) is 4.41. The number of carbonyl (C=O) groups excluding carboxylic acids is 1. The minimum absolute atomic E-state index is 0.150. The van der Waals surface area contributed by atoms with Crippen LogP contribution in [0.1, 0.15) is 28.3 Å². The van der Waals surface area contributed by atoms with Crippen molar-refractivity contribution in [2.75, 3.05) is 12.4 Å². The minimum atomic E-state index is -3.72. The number of methoxy groups -OCH3 is 1. The van der Waals surface area contributed by atoms with E-state index in [1.54, 1.807) is 36.8 Å². The predicted molar refractivity (Wildman–Crippen MR) is 109 cm³/mol. The van der Waals surface area contributed by atoms with Gasteiger partial charge in [-0.05, 0) is 36.8 Å². The fourth-order valence-corrected chi connectivity index (χ4v) is 6.28. The Kier molecular flexibility index (Phi) is 4.72. The molecule has 2 heterocycles. The SMILES string of the molecule is COc1cccc([C@H]2CC(=O)Nc3c(S(=O)(=O)c4ccc(C)cc4)csc32)c1. The predicted octanol–water partition coefficient (Wildman–Crippen LogP) is 4.37. The van der Waals surface area contributed by atoms with Crippen molar-refractivity contribution in [3.05, 3.63) is 69.9 Å².